The number of hydrogen-bond donors (Lipinski definition) is 1. The average molecular weight is 560 g/mol. The van der Waals surface area contributed by atoms with Crippen LogP contribution in [0, 0.1) is 12.8 Å². The van der Waals surface area contributed by atoms with Crippen LogP contribution >= 0.6 is 11.6 Å². The molecule has 1 saturated carbocycles. The van der Waals surface area contributed by atoms with Crippen LogP contribution in [0.15, 0.2) is 30.3 Å². The highest BCUT2D eigenvalue weighted by molar-refractivity contribution is 7.90. The van der Waals surface area contributed by atoms with E-state index < -0.39 is 15.9 Å². The number of sulfonamides is 1. The fraction of sp³-hybridized carbons (Fsp3) is 0.536. The number of anilines is 1. The summed E-state index contributed by atoms with van der Waals surface area (Å²) in [6.45, 7) is 5.33. The summed E-state index contributed by atoms with van der Waals surface area (Å²) in [7, 11) is -1.60. The zero-order valence-electron chi connectivity index (χ0n) is 22.5. The van der Waals surface area contributed by atoms with Gasteiger partial charge in [-0.2, -0.15) is 0 Å². The molecule has 10 heteroatoms. The SMILES string of the molecule is CCCCCS(=O)(=O)NC(=O)c1ccc2nc(C)n(Cc3ccc(N(C)CC4CCCCC4)cc3Cl)c2n1. The number of aromatic nitrogens is 3. The maximum absolute atomic E-state index is 12.7. The maximum atomic E-state index is 12.7. The van der Waals surface area contributed by atoms with Gasteiger partial charge in [0.15, 0.2) is 5.65 Å². The molecule has 4 rings (SSSR count). The van der Waals surface area contributed by atoms with Crippen molar-refractivity contribution in [3.05, 3.63) is 52.4 Å². The number of benzene rings is 1. The molecule has 2 aromatic heterocycles. The third-order valence-corrected chi connectivity index (χ3v) is 9.02. The quantitative estimate of drug-likeness (QED) is 0.302. The third kappa shape index (κ3) is 7.05. The molecule has 1 amide bonds. The summed E-state index contributed by atoms with van der Waals surface area (Å²) in [6, 6.07) is 9.31. The summed E-state index contributed by atoms with van der Waals surface area (Å²) in [5.74, 6) is 0.635. The van der Waals surface area contributed by atoms with Gasteiger partial charge in [-0.1, -0.05) is 56.7 Å². The van der Waals surface area contributed by atoms with E-state index in [0.717, 1.165) is 42.4 Å². The second-order valence-electron chi connectivity index (χ2n) is 10.4. The van der Waals surface area contributed by atoms with Crippen LogP contribution in [0.25, 0.3) is 11.2 Å². The molecule has 0 radical (unpaired) electrons. The first kappa shape index (κ1) is 28.4. The molecule has 206 valence electrons. The van der Waals surface area contributed by atoms with Crippen molar-refractivity contribution >= 4 is 44.4 Å². The van der Waals surface area contributed by atoms with E-state index in [1.54, 1.807) is 6.07 Å². The summed E-state index contributed by atoms with van der Waals surface area (Å²) in [5, 5.41) is 0.659. The number of carbonyl (C=O) groups excluding carboxylic acids is 1. The lowest BCUT2D eigenvalue weighted by atomic mass is 9.89. The smallest absolute Gasteiger partial charge is 0.283 e. The minimum absolute atomic E-state index is 0.0310. The Morgan fingerprint density at radius 1 is 1.13 bits per heavy atom. The van der Waals surface area contributed by atoms with Crippen LogP contribution in [-0.4, -0.2) is 48.2 Å². The molecule has 1 N–H and O–H groups in total. The van der Waals surface area contributed by atoms with Gasteiger partial charge in [-0.05, 0) is 61.9 Å². The summed E-state index contributed by atoms with van der Waals surface area (Å²) in [4.78, 5) is 24.0. The number of pyridine rings is 1. The van der Waals surface area contributed by atoms with E-state index in [4.69, 9.17) is 11.6 Å². The van der Waals surface area contributed by atoms with Crippen LogP contribution in [0.1, 0.15) is 80.2 Å². The molecule has 0 atom stereocenters. The van der Waals surface area contributed by atoms with Gasteiger partial charge in [0, 0.05) is 24.3 Å². The number of rotatable bonds is 11. The van der Waals surface area contributed by atoms with Gasteiger partial charge in [-0.15, -0.1) is 0 Å². The second-order valence-corrected chi connectivity index (χ2v) is 12.7. The molecule has 2 heterocycles. The Balaban J connectivity index is 1.50. The van der Waals surface area contributed by atoms with Crippen LogP contribution in [-0.2, 0) is 16.6 Å². The first-order valence-corrected chi connectivity index (χ1v) is 15.6. The van der Waals surface area contributed by atoms with Crippen LogP contribution in [0.5, 0.6) is 0 Å². The molecule has 0 bridgehead atoms. The molecule has 38 heavy (non-hydrogen) atoms. The predicted octanol–water partition coefficient (Wildman–Crippen LogP) is 5.71. The standard InChI is InChI=1S/C28H38ClN5O3S/c1-4-5-9-16-38(36,37)32-28(35)26-15-14-25-27(31-26)34(20(2)30-25)19-22-12-13-23(17-24(22)29)33(3)18-21-10-7-6-8-11-21/h12-15,17,21H,4-11,16,18-19H2,1-3H3,(H,32,35). The van der Waals surface area contributed by atoms with Crippen molar-refractivity contribution < 1.29 is 13.2 Å². The zero-order chi connectivity index (χ0) is 27.3. The first-order valence-electron chi connectivity index (χ1n) is 13.5. The van der Waals surface area contributed by atoms with Gasteiger partial charge in [-0.3, -0.25) is 4.79 Å². The summed E-state index contributed by atoms with van der Waals surface area (Å²) in [5.41, 5.74) is 3.18. The Labute approximate surface area is 230 Å². The molecule has 1 aliphatic carbocycles. The van der Waals surface area contributed by atoms with Crippen molar-refractivity contribution in [3.63, 3.8) is 0 Å². The molecule has 8 nitrogen and oxygen atoms in total. The van der Waals surface area contributed by atoms with Crippen molar-refractivity contribution in [3.8, 4) is 0 Å². The highest BCUT2D eigenvalue weighted by atomic mass is 35.5. The van der Waals surface area contributed by atoms with Crippen molar-refractivity contribution in [2.75, 3.05) is 24.2 Å². The summed E-state index contributed by atoms with van der Waals surface area (Å²) >= 11 is 6.73. The van der Waals surface area contributed by atoms with Crippen LogP contribution in [0.4, 0.5) is 5.69 Å². The Morgan fingerprint density at radius 3 is 2.61 bits per heavy atom. The maximum Gasteiger partial charge on any atom is 0.283 e. The number of fused-ring (bicyclic) bond motifs is 1. The highest BCUT2D eigenvalue weighted by Crippen LogP contribution is 2.29. The summed E-state index contributed by atoms with van der Waals surface area (Å²) < 4.78 is 28.6. The van der Waals surface area contributed by atoms with E-state index in [1.165, 1.54) is 38.2 Å². The Morgan fingerprint density at radius 2 is 1.89 bits per heavy atom. The van der Waals surface area contributed by atoms with Gasteiger partial charge in [0.1, 0.15) is 17.0 Å². The van der Waals surface area contributed by atoms with Gasteiger partial charge in [-0.25, -0.2) is 23.1 Å². The number of hydrogen-bond acceptors (Lipinski definition) is 6. The fourth-order valence-electron chi connectivity index (χ4n) is 5.15. The third-order valence-electron chi connectivity index (χ3n) is 7.34. The zero-order valence-corrected chi connectivity index (χ0v) is 24.1. The first-order chi connectivity index (χ1) is 18.2. The van der Waals surface area contributed by atoms with Crippen LogP contribution < -0.4 is 9.62 Å². The number of amides is 1. The van der Waals surface area contributed by atoms with Crippen molar-refractivity contribution in [2.45, 2.75) is 71.8 Å². The molecular formula is C28H38ClN5O3S. The number of nitrogens with one attached hydrogen (secondary N) is 1. The van der Waals surface area contributed by atoms with Gasteiger partial charge >= 0.3 is 0 Å². The lowest BCUT2D eigenvalue weighted by molar-refractivity contribution is 0.0977. The number of carbonyl (C=O) groups is 1. The van der Waals surface area contributed by atoms with Crippen molar-refractivity contribution in [1.29, 1.82) is 0 Å². The van der Waals surface area contributed by atoms with Crippen molar-refractivity contribution in [2.24, 2.45) is 5.92 Å². The van der Waals surface area contributed by atoms with Gasteiger partial charge in [0.2, 0.25) is 10.0 Å². The molecule has 0 saturated heterocycles. The molecule has 3 aromatic rings. The normalized spacial score (nSPS) is 14.6. The molecule has 1 aliphatic rings. The Hall–Kier alpha value is -2.65. The molecule has 0 unspecified atom stereocenters. The lowest BCUT2D eigenvalue weighted by Crippen LogP contribution is -2.33. The average Bonchev–Trinajstić information content (AvgIpc) is 3.19. The number of imidazole rings is 1. The lowest BCUT2D eigenvalue weighted by Gasteiger charge is -2.28. The predicted molar refractivity (Wildman–Crippen MR) is 153 cm³/mol. The fourth-order valence-corrected chi connectivity index (χ4v) is 6.46. The monoisotopic (exact) mass is 559 g/mol. The van der Waals surface area contributed by atoms with Gasteiger partial charge in [0.25, 0.3) is 5.91 Å². The second kappa shape index (κ2) is 12.5. The molecule has 0 spiro atoms. The topological polar surface area (TPSA) is 97.2 Å². The number of nitrogens with zero attached hydrogens (tertiary/aromatic N) is 4. The number of unbranched alkanes of at least 4 members (excludes halogenated alkanes) is 2. The molecule has 1 fully saturated rings. The van der Waals surface area contributed by atoms with Crippen LogP contribution in [0.3, 0.4) is 0 Å². The summed E-state index contributed by atoms with van der Waals surface area (Å²) in [6.07, 6.45) is 8.77. The van der Waals surface area contributed by atoms with E-state index in [-0.39, 0.29) is 11.4 Å². The van der Waals surface area contributed by atoms with E-state index in [1.807, 2.05) is 30.5 Å². The molecule has 1 aromatic carbocycles. The van der Waals surface area contributed by atoms with Crippen LogP contribution in [0.2, 0.25) is 5.02 Å². The van der Waals surface area contributed by atoms with E-state index >= 15 is 0 Å². The highest BCUT2D eigenvalue weighted by Gasteiger charge is 2.20. The van der Waals surface area contributed by atoms with Crippen molar-refractivity contribution in [1.82, 2.24) is 19.3 Å². The molecule has 0 aliphatic heterocycles. The Kier molecular flexibility index (Phi) is 9.31. The number of halogens is 1. The van der Waals surface area contributed by atoms with Gasteiger partial charge < -0.3 is 9.47 Å². The Bertz CT molecular complexity index is 1380. The molecular weight excluding hydrogens is 522 g/mol. The van der Waals surface area contributed by atoms with Gasteiger partial charge in [0.05, 0.1) is 12.3 Å². The largest absolute Gasteiger partial charge is 0.374 e. The minimum Gasteiger partial charge on any atom is -0.374 e. The van der Waals surface area contributed by atoms with E-state index in [0.29, 0.717) is 29.2 Å². The number of aryl methyl sites for hydroxylation is 1. The minimum atomic E-state index is -3.72. The van der Waals surface area contributed by atoms with E-state index in [2.05, 4.69) is 32.7 Å². The van der Waals surface area contributed by atoms with E-state index in [9.17, 15) is 13.2 Å².